The second-order valence-corrected chi connectivity index (χ2v) is 7.81. The summed E-state index contributed by atoms with van der Waals surface area (Å²) < 4.78 is 8.27. The van der Waals surface area contributed by atoms with Crippen molar-refractivity contribution in [2.24, 2.45) is 7.05 Å². The first kappa shape index (κ1) is 18.0. The molecule has 0 saturated carbocycles. The van der Waals surface area contributed by atoms with Gasteiger partial charge >= 0.3 is 0 Å². The summed E-state index contributed by atoms with van der Waals surface area (Å²) in [4.78, 5) is 9.14. The van der Waals surface area contributed by atoms with Crippen LogP contribution in [0.1, 0.15) is 26.3 Å². The zero-order valence-corrected chi connectivity index (χ0v) is 16.6. The summed E-state index contributed by atoms with van der Waals surface area (Å²) in [5.41, 5.74) is 3.88. The van der Waals surface area contributed by atoms with Crippen LogP contribution in [0, 0.1) is 0 Å². The van der Waals surface area contributed by atoms with E-state index in [1.165, 1.54) is 0 Å². The molecule has 0 aliphatic carbocycles. The van der Waals surface area contributed by atoms with Gasteiger partial charge in [-0.3, -0.25) is 0 Å². The minimum absolute atomic E-state index is 0.0314. The number of rotatable bonds is 4. The number of fused-ring (bicyclic) bond motifs is 1. The van der Waals surface area contributed by atoms with Gasteiger partial charge in [-0.1, -0.05) is 51.1 Å². The van der Waals surface area contributed by atoms with Crippen molar-refractivity contribution in [3.63, 3.8) is 0 Å². The van der Waals surface area contributed by atoms with Gasteiger partial charge < -0.3 is 14.6 Å². The van der Waals surface area contributed by atoms with Crippen LogP contribution in [0.25, 0.3) is 11.0 Å². The van der Waals surface area contributed by atoms with Crippen molar-refractivity contribution in [2.45, 2.75) is 26.2 Å². The Morgan fingerprint density at radius 2 is 1.68 bits per heavy atom. The Bertz CT molecular complexity index is 1120. The van der Waals surface area contributed by atoms with Crippen LogP contribution in [0.5, 0.6) is 11.6 Å². The van der Waals surface area contributed by atoms with E-state index in [1.54, 1.807) is 6.20 Å². The van der Waals surface area contributed by atoms with Crippen molar-refractivity contribution in [3.05, 3.63) is 72.4 Å². The van der Waals surface area contributed by atoms with Crippen LogP contribution in [-0.2, 0) is 12.5 Å². The number of anilines is 2. The number of aromatic nitrogens is 3. The topological polar surface area (TPSA) is 52.0 Å². The van der Waals surface area contributed by atoms with Crippen molar-refractivity contribution < 1.29 is 4.74 Å². The molecule has 0 spiro atoms. The third-order valence-corrected chi connectivity index (χ3v) is 4.71. The van der Waals surface area contributed by atoms with Gasteiger partial charge in [0.05, 0.1) is 11.0 Å². The van der Waals surface area contributed by atoms with E-state index < -0.39 is 0 Å². The fourth-order valence-electron chi connectivity index (χ4n) is 3.22. The van der Waals surface area contributed by atoms with E-state index in [0.717, 1.165) is 34.0 Å². The Labute approximate surface area is 165 Å². The molecule has 0 radical (unpaired) electrons. The van der Waals surface area contributed by atoms with Crippen molar-refractivity contribution >= 4 is 22.7 Å². The molecular formula is C23H24N4O. The smallest absolute Gasteiger partial charge is 0.243 e. The molecule has 4 rings (SSSR count). The van der Waals surface area contributed by atoms with Crippen molar-refractivity contribution in [1.29, 1.82) is 0 Å². The maximum absolute atomic E-state index is 6.24. The second kappa shape index (κ2) is 7.00. The van der Waals surface area contributed by atoms with E-state index in [2.05, 4.69) is 42.1 Å². The third-order valence-electron chi connectivity index (χ3n) is 4.71. The highest BCUT2D eigenvalue weighted by Gasteiger charge is 2.20. The van der Waals surface area contributed by atoms with Crippen LogP contribution in [0.15, 0.2) is 66.9 Å². The number of pyridine rings is 1. The molecule has 0 aliphatic heterocycles. The molecule has 0 amide bonds. The maximum atomic E-state index is 6.24. The zero-order valence-electron chi connectivity index (χ0n) is 16.6. The number of nitrogens with zero attached hydrogens (tertiary/aromatic N) is 3. The minimum atomic E-state index is -0.0314. The van der Waals surface area contributed by atoms with Gasteiger partial charge in [-0.2, -0.15) is 0 Å². The standard InChI is InChI=1S/C23H24N4O/c1-23(2,3)16-10-5-8-14-20(16)28-21-18(12-9-15-24-21)26-22-25-17-11-6-7-13-19(17)27(22)4/h5-15H,1-4H3,(H,25,26). The summed E-state index contributed by atoms with van der Waals surface area (Å²) in [6.45, 7) is 6.52. The molecule has 5 nitrogen and oxygen atoms in total. The van der Waals surface area contributed by atoms with Gasteiger partial charge in [0.25, 0.3) is 0 Å². The van der Waals surface area contributed by atoms with Crippen molar-refractivity contribution in [1.82, 2.24) is 14.5 Å². The van der Waals surface area contributed by atoms with Crippen LogP contribution < -0.4 is 10.1 Å². The number of hydrogen-bond donors (Lipinski definition) is 1. The molecule has 0 atom stereocenters. The Balaban J connectivity index is 1.69. The molecule has 0 unspecified atom stereocenters. The lowest BCUT2D eigenvalue weighted by Crippen LogP contribution is -2.12. The van der Waals surface area contributed by atoms with E-state index in [9.17, 15) is 0 Å². The van der Waals surface area contributed by atoms with Gasteiger partial charge in [0.2, 0.25) is 11.8 Å². The minimum Gasteiger partial charge on any atom is -0.437 e. The van der Waals surface area contributed by atoms with E-state index in [4.69, 9.17) is 4.74 Å². The fourth-order valence-corrected chi connectivity index (χ4v) is 3.22. The Kier molecular flexibility index (Phi) is 4.51. The summed E-state index contributed by atoms with van der Waals surface area (Å²) >= 11 is 0. The van der Waals surface area contributed by atoms with Gasteiger partial charge in [-0.15, -0.1) is 0 Å². The Morgan fingerprint density at radius 1 is 0.929 bits per heavy atom. The number of para-hydroxylation sites is 3. The molecule has 1 N–H and O–H groups in total. The SMILES string of the molecule is Cn1c(Nc2cccnc2Oc2ccccc2C(C)(C)C)nc2ccccc21. The number of nitrogens with one attached hydrogen (secondary N) is 1. The summed E-state index contributed by atoms with van der Waals surface area (Å²) in [5.74, 6) is 2.07. The van der Waals surface area contributed by atoms with Gasteiger partial charge in [-0.25, -0.2) is 9.97 Å². The molecule has 0 aliphatic rings. The monoisotopic (exact) mass is 372 g/mol. The third kappa shape index (κ3) is 3.43. The van der Waals surface area contributed by atoms with Gasteiger partial charge in [-0.05, 0) is 35.7 Å². The molecule has 142 valence electrons. The van der Waals surface area contributed by atoms with E-state index in [1.807, 2.05) is 66.2 Å². The molecule has 2 heterocycles. The first-order chi connectivity index (χ1) is 13.4. The van der Waals surface area contributed by atoms with E-state index in [0.29, 0.717) is 5.88 Å². The second-order valence-electron chi connectivity index (χ2n) is 7.81. The summed E-state index contributed by atoms with van der Waals surface area (Å²) in [6, 6.07) is 20.0. The summed E-state index contributed by atoms with van der Waals surface area (Å²) in [6.07, 6.45) is 1.73. The molecule has 0 fully saturated rings. The maximum Gasteiger partial charge on any atom is 0.243 e. The molecule has 0 bridgehead atoms. The number of benzene rings is 2. The number of hydrogen-bond acceptors (Lipinski definition) is 4. The molecule has 0 saturated heterocycles. The highest BCUT2D eigenvalue weighted by molar-refractivity contribution is 5.79. The zero-order chi connectivity index (χ0) is 19.7. The lowest BCUT2D eigenvalue weighted by atomic mass is 9.86. The van der Waals surface area contributed by atoms with Crippen LogP contribution in [-0.4, -0.2) is 14.5 Å². The molecule has 4 aromatic rings. The summed E-state index contributed by atoms with van der Waals surface area (Å²) in [7, 11) is 1.99. The number of ether oxygens (including phenoxy) is 1. The Morgan fingerprint density at radius 3 is 2.46 bits per heavy atom. The lowest BCUT2D eigenvalue weighted by molar-refractivity contribution is 0.442. The number of imidazole rings is 1. The number of aryl methyl sites for hydroxylation is 1. The van der Waals surface area contributed by atoms with Crippen LogP contribution in [0.2, 0.25) is 0 Å². The average molecular weight is 372 g/mol. The predicted molar refractivity (Wildman–Crippen MR) is 113 cm³/mol. The lowest BCUT2D eigenvalue weighted by Gasteiger charge is -2.22. The van der Waals surface area contributed by atoms with Gasteiger partial charge in [0, 0.05) is 18.8 Å². The molecule has 5 heteroatoms. The summed E-state index contributed by atoms with van der Waals surface area (Å²) in [5, 5.41) is 3.37. The normalized spacial score (nSPS) is 11.6. The van der Waals surface area contributed by atoms with Crippen molar-refractivity contribution in [2.75, 3.05) is 5.32 Å². The quantitative estimate of drug-likeness (QED) is 0.492. The fraction of sp³-hybridized carbons (Fsp3) is 0.217. The van der Waals surface area contributed by atoms with Crippen LogP contribution >= 0.6 is 0 Å². The average Bonchev–Trinajstić information content (AvgIpc) is 2.99. The van der Waals surface area contributed by atoms with Crippen molar-refractivity contribution in [3.8, 4) is 11.6 Å². The highest BCUT2D eigenvalue weighted by atomic mass is 16.5. The largest absolute Gasteiger partial charge is 0.437 e. The molecule has 2 aromatic heterocycles. The Hall–Kier alpha value is -3.34. The first-order valence-electron chi connectivity index (χ1n) is 9.34. The van der Waals surface area contributed by atoms with E-state index in [-0.39, 0.29) is 5.41 Å². The molecule has 28 heavy (non-hydrogen) atoms. The van der Waals surface area contributed by atoms with E-state index >= 15 is 0 Å². The molecule has 2 aromatic carbocycles. The molecular weight excluding hydrogens is 348 g/mol. The predicted octanol–water partition coefficient (Wildman–Crippen LogP) is 5.80. The van der Waals surface area contributed by atoms with Gasteiger partial charge in [0.1, 0.15) is 11.4 Å². The van der Waals surface area contributed by atoms with Crippen LogP contribution in [0.4, 0.5) is 11.6 Å². The van der Waals surface area contributed by atoms with Crippen LogP contribution in [0.3, 0.4) is 0 Å². The van der Waals surface area contributed by atoms with Gasteiger partial charge in [0.15, 0.2) is 0 Å². The highest BCUT2D eigenvalue weighted by Crippen LogP contribution is 2.36. The first-order valence-corrected chi connectivity index (χ1v) is 9.34.